The van der Waals surface area contributed by atoms with Gasteiger partial charge >= 0.3 is 11.9 Å². The average Bonchev–Trinajstić information content (AvgIpc) is 2.67. The van der Waals surface area contributed by atoms with E-state index in [0.717, 1.165) is 6.20 Å². The molecule has 15 heteroatoms. The molecule has 0 aliphatic rings. The number of carboxylic acids is 2. The zero-order chi connectivity index (χ0) is 24.0. The summed E-state index contributed by atoms with van der Waals surface area (Å²) in [5.41, 5.74) is 9.91. The molecule has 0 aliphatic heterocycles. The maximum absolute atomic E-state index is 12.3. The first kappa shape index (κ1) is 24.1. The molecule has 0 saturated carbocycles. The van der Waals surface area contributed by atoms with Gasteiger partial charge in [0.05, 0.1) is 28.9 Å². The first-order valence-electron chi connectivity index (χ1n) is 8.83. The number of carbonyl (C=O) groups is 4. The van der Waals surface area contributed by atoms with Crippen LogP contribution in [0.4, 0.5) is 17.5 Å². The number of halogens is 1. The van der Waals surface area contributed by atoms with Crippen molar-refractivity contribution >= 4 is 52.8 Å². The van der Waals surface area contributed by atoms with Crippen LogP contribution in [0.3, 0.4) is 0 Å². The lowest BCUT2D eigenvalue weighted by molar-refractivity contribution is -0.140. The molecule has 1 atom stereocenters. The van der Waals surface area contributed by atoms with Gasteiger partial charge in [0.1, 0.15) is 17.6 Å². The number of hydrogen-bond donors (Lipinski definition) is 7. The molecule has 0 radical (unpaired) electrons. The van der Waals surface area contributed by atoms with E-state index in [9.17, 15) is 24.0 Å². The van der Waals surface area contributed by atoms with Crippen LogP contribution in [-0.4, -0.2) is 55.0 Å². The van der Waals surface area contributed by atoms with Gasteiger partial charge in [0.2, 0.25) is 11.9 Å². The van der Waals surface area contributed by atoms with Crippen LogP contribution < -0.4 is 27.7 Å². The second-order valence-electron chi connectivity index (χ2n) is 6.39. The predicted molar refractivity (Wildman–Crippen MR) is 111 cm³/mol. The Kier molecular flexibility index (Phi) is 7.68. The lowest BCUT2D eigenvalue weighted by Crippen LogP contribution is -2.41. The summed E-state index contributed by atoms with van der Waals surface area (Å²) in [7, 11) is 0. The van der Waals surface area contributed by atoms with Crippen molar-refractivity contribution in [3.8, 4) is 0 Å². The third kappa shape index (κ3) is 6.40. The number of amides is 2. The molecule has 0 fully saturated rings. The van der Waals surface area contributed by atoms with Gasteiger partial charge in [-0.3, -0.25) is 24.2 Å². The predicted octanol–water partition coefficient (Wildman–Crippen LogP) is -0.788. The molecule has 0 aromatic carbocycles. The van der Waals surface area contributed by atoms with Crippen molar-refractivity contribution in [2.75, 3.05) is 16.8 Å². The molecule has 0 spiro atoms. The van der Waals surface area contributed by atoms with Crippen LogP contribution in [0, 0.1) is 0 Å². The van der Waals surface area contributed by atoms with Crippen molar-refractivity contribution in [3.63, 3.8) is 0 Å². The highest BCUT2D eigenvalue weighted by molar-refractivity contribution is 6.33. The van der Waals surface area contributed by atoms with Crippen molar-refractivity contribution < 1.29 is 29.4 Å². The third-order valence-corrected chi connectivity index (χ3v) is 4.28. The quantitative estimate of drug-likeness (QED) is 0.241. The minimum atomic E-state index is -1.46. The SMILES string of the molecule is Nc1nc(N)c(CC(=O)Nc2cnc(C(=O)N[C@H](CCC(=O)O)C(=O)O)c(Cl)c2)c(=O)[nH]1. The molecule has 2 aromatic rings. The Hall–Kier alpha value is -4.20. The lowest BCUT2D eigenvalue weighted by atomic mass is 10.1. The summed E-state index contributed by atoms with van der Waals surface area (Å²) >= 11 is 6.01. The van der Waals surface area contributed by atoms with Gasteiger partial charge in [0.15, 0.2) is 0 Å². The molecule has 2 heterocycles. The largest absolute Gasteiger partial charge is 0.481 e. The van der Waals surface area contributed by atoms with Gasteiger partial charge in [-0.25, -0.2) is 9.78 Å². The number of nitrogens with zero attached hydrogens (tertiary/aromatic N) is 2. The topological polar surface area (TPSA) is 243 Å². The number of anilines is 3. The molecule has 14 nitrogen and oxygen atoms in total. The second kappa shape index (κ2) is 10.2. The fraction of sp³-hybridized carbons (Fsp3) is 0.235. The molecule has 0 unspecified atom stereocenters. The van der Waals surface area contributed by atoms with Gasteiger partial charge in [-0.15, -0.1) is 0 Å². The van der Waals surface area contributed by atoms with Gasteiger partial charge in [-0.05, 0) is 12.5 Å². The molecule has 0 saturated heterocycles. The maximum atomic E-state index is 12.3. The van der Waals surface area contributed by atoms with E-state index in [4.69, 9.17) is 33.3 Å². The van der Waals surface area contributed by atoms with Crippen LogP contribution in [0.15, 0.2) is 17.1 Å². The van der Waals surface area contributed by atoms with Crippen molar-refractivity contribution in [3.05, 3.63) is 38.9 Å². The number of H-pyrrole nitrogens is 1. The van der Waals surface area contributed by atoms with E-state index in [2.05, 4.69) is 25.6 Å². The van der Waals surface area contributed by atoms with E-state index in [1.54, 1.807) is 0 Å². The number of hydrogen-bond acceptors (Lipinski definition) is 9. The van der Waals surface area contributed by atoms with Crippen LogP contribution in [-0.2, 0) is 20.8 Å². The molecule has 2 amide bonds. The lowest BCUT2D eigenvalue weighted by Gasteiger charge is -2.14. The van der Waals surface area contributed by atoms with E-state index in [-0.39, 0.29) is 40.2 Å². The van der Waals surface area contributed by atoms with Gasteiger partial charge in [-0.1, -0.05) is 11.6 Å². The van der Waals surface area contributed by atoms with Crippen LogP contribution in [0.1, 0.15) is 28.9 Å². The molecule has 0 aliphatic carbocycles. The molecule has 0 bridgehead atoms. The first-order chi connectivity index (χ1) is 15.0. The van der Waals surface area contributed by atoms with Gasteiger partial charge in [0, 0.05) is 6.42 Å². The summed E-state index contributed by atoms with van der Waals surface area (Å²) in [6.07, 6.45) is -0.163. The van der Waals surface area contributed by atoms with Crippen molar-refractivity contribution in [2.45, 2.75) is 25.3 Å². The number of aliphatic carboxylic acids is 2. The van der Waals surface area contributed by atoms with E-state index >= 15 is 0 Å². The van der Waals surface area contributed by atoms with Crippen molar-refractivity contribution in [1.29, 1.82) is 0 Å². The first-order valence-corrected chi connectivity index (χ1v) is 9.20. The van der Waals surface area contributed by atoms with Crippen LogP contribution in [0.5, 0.6) is 0 Å². The van der Waals surface area contributed by atoms with Crippen LogP contribution >= 0.6 is 11.6 Å². The van der Waals surface area contributed by atoms with E-state index < -0.39 is 48.2 Å². The Morgan fingerprint density at radius 2 is 1.91 bits per heavy atom. The molecule has 9 N–H and O–H groups in total. The fourth-order valence-corrected chi connectivity index (χ4v) is 2.75. The second-order valence-corrected chi connectivity index (χ2v) is 6.80. The Balaban J connectivity index is 2.08. The Morgan fingerprint density at radius 1 is 1.22 bits per heavy atom. The normalized spacial score (nSPS) is 11.4. The van der Waals surface area contributed by atoms with Crippen molar-refractivity contribution in [1.82, 2.24) is 20.3 Å². The number of pyridine rings is 1. The summed E-state index contributed by atoms with van der Waals surface area (Å²) in [4.78, 5) is 67.8. The summed E-state index contributed by atoms with van der Waals surface area (Å²) in [6, 6.07) is -0.281. The molecule has 2 aromatic heterocycles. The number of nitrogens with two attached hydrogens (primary N) is 2. The van der Waals surface area contributed by atoms with Gasteiger partial charge < -0.3 is 32.3 Å². The molecule has 170 valence electrons. The highest BCUT2D eigenvalue weighted by atomic mass is 35.5. The molecule has 2 rings (SSSR count). The Bertz CT molecular complexity index is 1130. The number of nitrogen functional groups attached to an aromatic ring is 2. The summed E-state index contributed by atoms with van der Waals surface area (Å²) < 4.78 is 0. The third-order valence-electron chi connectivity index (χ3n) is 3.99. The highest BCUT2D eigenvalue weighted by Gasteiger charge is 2.24. The van der Waals surface area contributed by atoms with Gasteiger partial charge in [-0.2, -0.15) is 4.98 Å². The smallest absolute Gasteiger partial charge is 0.326 e. The van der Waals surface area contributed by atoms with Crippen LogP contribution in [0.25, 0.3) is 0 Å². The van der Waals surface area contributed by atoms with Gasteiger partial charge in [0.25, 0.3) is 11.5 Å². The molecular weight excluding hydrogens is 450 g/mol. The van der Waals surface area contributed by atoms with E-state index in [1.165, 1.54) is 6.07 Å². The van der Waals surface area contributed by atoms with Crippen LogP contribution in [0.2, 0.25) is 5.02 Å². The summed E-state index contributed by atoms with van der Waals surface area (Å²) in [6.45, 7) is 0. The number of carbonyl (C=O) groups excluding carboxylic acids is 2. The van der Waals surface area contributed by atoms with E-state index in [0.29, 0.717) is 0 Å². The maximum Gasteiger partial charge on any atom is 0.326 e. The Morgan fingerprint density at radius 3 is 2.47 bits per heavy atom. The number of nitrogens with one attached hydrogen (secondary N) is 3. The standard InChI is InChI=1S/C17H18ClN7O7/c18-8-3-6(22-10(26)4-7-13(19)24-17(20)25-14(7)29)5-21-12(8)15(30)23-9(16(31)32)1-2-11(27)28/h3,5,9H,1-2,4H2,(H,22,26)(H,23,30)(H,27,28)(H,31,32)(H5,19,20,24,25,29)/t9-/m1/s1. The molecular formula is C17H18ClN7O7. The number of rotatable bonds is 9. The Labute approximate surface area is 184 Å². The highest BCUT2D eigenvalue weighted by Crippen LogP contribution is 2.19. The zero-order valence-electron chi connectivity index (χ0n) is 16.2. The van der Waals surface area contributed by atoms with E-state index in [1.807, 2.05) is 0 Å². The zero-order valence-corrected chi connectivity index (χ0v) is 17.0. The molecule has 32 heavy (non-hydrogen) atoms. The summed E-state index contributed by atoms with van der Waals surface area (Å²) in [5.74, 6) is -4.66. The minimum Gasteiger partial charge on any atom is -0.481 e. The number of aromatic nitrogens is 3. The average molecular weight is 468 g/mol. The number of carboxylic acid groups (broad SMARTS) is 2. The number of aromatic amines is 1. The summed E-state index contributed by atoms with van der Waals surface area (Å²) in [5, 5.41) is 22.1. The van der Waals surface area contributed by atoms with Crippen molar-refractivity contribution in [2.24, 2.45) is 0 Å². The fourth-order valence-electron chi connectivity index (χ4n) is 2.50. The monoisotopic (exact) mass is 467 g/mol. The minimum absolute atomic E-state index is 0.0793.